The van der Waals surface area contributed by atoms with Crippen LogP contribution in [0.3, 0.4) is 0 Å². The van der Waals surface area contributed by atoms with Crippen LogP contribution in [0.5, 0.6) is 0 Å². The van der Waals surface area contributed by atoms with E-state index >= 15 is 0 Å². The lowest BCUT2D eigenvalue weighted by Gasteiger charge is -2.08. The molecule has 0 unspecified atom stereocenters. The van der Waals surface area contributed by atoms with Crippen LogP contribution in [0.1, 0.15) is 5.56 Å². The predicted molar refractivity (Wildman–Crippen MR) is 124 cm³/mol. The molecule has 160 valence electrons. The number of hydrogen-bond donors (Lipinski definition) is 2. The maximum absolute atomic E-state index is 12.0. The molecule has 4 aromatic carbocycles. The van der Waals surface area contributed by atoms with Crippen molar-refractivity contribution in [2.75, 3.05) is 5.73 Å². The Balaban J connectivity index is 1.74. The molecule has 0 aliphatic carbocycles. The molecular formula is C23H19N5O3S. The molecule has 0 amide bonds. The lowest BCUT2D eigenvalue weighted by atomic mass is 10.0. The minimum absolute atomic E-state index is 0.0243. The molecule has 0 saturated carbocycles. The lowest BCUT2D eigenvalue weighted by Crippen LogP contribution is -1.98. The number of rotatable bonds is 5. The van der Waals surface area contributed by atoms with Gasteiger partial charge >= 0.3 is 0 Å². The minimum atomic E-state index is -4.57. The minimum Gasteiger partial charge on any atom is -0.398 e. The van der Waals surface area contributed by atoms with E-state index < -0.39 is 15.0 Å². The fourth-order valence-corrected chi connectivity index (χ4v) is 3.91. The predicted octanol–water partition coefficient (Wildman–Crippen LogP) is 6.81. The molecule has 0 atom stereocenters. The maximum atomic E-state index is 12.0. The van der Waals surface area contributed by atoms with Crippen molar-refractivity contribution < 1.29 is 13.0 Å². The summed E-state index contributed by atoms with van der Waals surface area (Å²) in [5, 5.41) is 18.0. The van der Waals surface area contributed by atoms with E-state index in [2.05, 4.69) is 20.5 Å². The Labute approximate surface area is 184 Å². The highest BCUT2D eigenvalue weighted by atomic mass is 32.2. The van der Waals surface area contributed by atoms with Crippen LogP contribution in [-0.4, -0.2) is 13.0 Å². The van der Waals surface area contributed by atoms with E-state index in [-0.39, 0.29) is 11.4 Å². The van der Waals surface area contributed by atoms with Crippen LogP contribution in [0.2, 0.25) is 0 Å². The highest BCUT2D eigenvalue weighted by molar-refractivity contribution is 7.86. The summed E-state index contributed by atoms with van der Waals surface area (Å²) >= 11 is 0. The van der Waals surface area contributed by atoms with E-state index in [9.17, 15) is 13.0 Å². The summed E-state index contributed by atoms with van der Waals surface area (Å²) in [6, 6.07) is 22.3. The van der Waals surface area contributed by atoms with Gasteiger partial charge in [0.25, 0.3) is 10.1 Å². The third kappa shape index (κ3) is 4.53. The first kappa shape index (κ1) is 21.3. The third-order valence-corrected chi connectivity index (χ3v) is 5.66. The van der Waals surface area contributed by atoms with Gasteiger partial charge in [-0.2, -0.15) is 18.6 Å². The van der Waals surface area contributed by atoms with Gasteiger partial charge in [0.2, 0.25) is 0 Å². The lowest BCUT2D eigenvalue weighted by molar-refractivity contribution is 0.483. The zero-order valence-electron chi connectivity index (χ0n) is 17.0. The molecule has 4 aromatic rings. The van der Waals surface area contributed by atoms with Gasteiger partial charge in [-0.25, -0.2) is 0 Å². The number of anilines is 1. The molecule has 0 heterocycles. The number of nitrogens with two attached hydrogens (primary N) is 1. The van der Waals surface area contributed by atoms with Gasteiger partial charge in [0.15, 0.2) is 0 Å². The third-order valence-electron chi connectivity index (χ3n) is 4.78. The van der Waals surface area contributed by atoms with E-state index in [1.807, 2.05) is 43.3 Å². The van der Waals surface area contributed by atoms with Gasteiger partial charge in [0.05, 0.1) is 17.1 Å². The Hall–Kier alpha value is -3.95. The maximum Gasteiger partial charge on any atom is 0.296 e. The number of nitrogen functional groups attached to an aromatic ring is 1. The highest BCUT2D eigenvalue weighted by Gasteiger charge is 2.17. The first-order valence-electron chi connectivity index (χ1n) is 9.61. The Kier molecular flexibility index (Phi) is 5.76. The number of fused-ring (bicyclic) bond motifs is 1. The molecule has 0 aromatic heterocycles. The SMILES string of the molecule is Cc1cccc2c(N=Nc3ccc(N=Nc4ccccc4)cc3S(=O)(=O)O)ccc(N)c12. The molecule has 0 aliphatic heterocycles. The van der Waals surface area contributed by atoms with Crippen molar-refractivity contribution in [3.63, 3.8) is 0 Å². The van der Waals surface area contributed by atoms with E-state index in [0.29, 0.717) is 17.1 Å². The average molecular weight is 446 g/mol. The van der Waals surface area contributed by atoms with Crippen LogP contribution in [-0.2, 0) is 10.1 Å². The fourth-order valence-electron chi connectivity index (χ4n) is 3.27. The van der Waals surface area contributed by atoms with Crippen LogP contribution in [0, 0.1) is 6.92 Å². The second kappa shape index (κ2) is 8.66. The van der Waals surface area contributed by atoms with Gasteiger partial charge in [0.1, 0.15) is 10.6 Å². The van der Waals surface area contributed by atoms with Crippen molar-refractivity contribution in [1.29, 1.82) is 0 Å². The molecule has 0 aliphatic rings. The molecule has 0 spiro atoms. The first-order chi connectivity index (χ1) is 15.3. The zero-order chi connectivity index (χ0) is 22.7. The largest absolute Gasteiger partial charge is 0.398 e. The molecule has 4 rings (SSSR count). The van der Waals surface area contributed by atoms with Crippen molar-refractivity contribution in [3.05, 3.63) is 84.4 Å². The number of hydrogen-bond acceptors (Lipinski definition) is 7. The summed E-state index contributed by atoms with van der Waals surface area (Å²) in [5.74, 6) is 0. The fraction of sp³-hybridized carbons (Fsp3) is 0.0435. The number of benzene rings is 4. The molecular weight excluding hydrogens is 426 g/mol. The Morgan fingerprint density at radius 3 is 2.19 bits per heavy atom. The molecule has 9 heteroatoms. The van der Waals surface area contributed by atoms with Crippen molar-refractivity contribution in [3.8, 4) is 0 Å². The number of aryl methyl sites for hydroxylation is 1. The Morgan fingerprint density at radius 1 is 0.750 bits per heavy atom. The molecule has 0 fully saturated rings. The second-order valence-corrected chi connectivity index (χ2v) is 8.42. The quantitative estimate of drug-likeness (QED) is 0.198. The normalized spacial score (nSPS) is 12.2. The highest BCUT2D eigenvalue weighted by Crippen LogP contribution is 2.35. The standard InChI is InChI=1S/C23H19N5O3S/c1-15-6-5-9-18-20(13-11-19(24)23(15)18)27-28-21-12-10-17(14-22(21)32(29,30)31)26-25-16-7-3-2-4-8-16/h2-14H,24H2,1H3,(H,29,30,31). The number of azo groups is 2. The zero-order valence-corrected chi connectivity index (χ0v) is 17.9. The number of nitrogens with zero attached hydrogens (tertiary/aromatic N) is 4. The van der Waals surface area contributed by atoms with E-state index in [0.717, 1.165) is 16.3 Å². The topological polar surface area (TPSA) is 130 Å². The van der Waals surface area contributed by atoms with E-state index in [1.165, 1.54) is 12.1 Å². The molecule has 8 nitrogen and oxygen atoms in total. The molecule has 0 radical (unpaired) electrons. The van der Waals surface area contributed by atoms with Crippen molar-refractivity contribution in [1.82, 2.24) is 0 Å². The van der Waals surface area contributed by atoms with Gasteiger partial charge in [-0.3, -0.25) is 4.55 Å². The summed E-state index contributed by atoms with van der Waals surface area (Å²) in [7, 11) is -4.57. The van der Waals surface area contributed by atoms with Gasteiger partial charge in [-0.05, 0) is 55.0 Å². The Morgan fingerprint density at radius 2 is 1.44 bits per heavy atom. The van der Waals surface area contributed by atoms with Crippen LogP contribution < -0.4 is 5.73 Å². The molecule has 3 N–H and O–H groups in total. The smallest absolute Gasteiger partial charge is 0.296 e. The van der Waals surface area contributed by atoms with Gasteiger partial charge in [-0.15, -0.1) is 10.2 Å². The first-order valence-corrected chi connectivity index (χ1v) is 11.0. The van der Waals surface area contributed by atoms with Crippen molar-refractivity contribution in [2.45, 2.75) is 11.8 Å². The summed E-state index contributed by atoms with van der Waals surface area (Å²) in [5.41, 5.74) is 9.05. The van der Waals surface area contributed by atoms with E-state index in [1.54, 1.807) is 30.3 Å². The average Bonchev–Trinajstić information content (AvgIpc) is 2.77. The van der Waals surface area contributed by atoms with Gasteiger partial charge < -0.3 is 5.73 Å². The van der Waals surface area contributed by atoms with Crippen molar-refractivity contribution in [2.24, 2.45) is 20.5 Å². The molecule has 0 bridgehead atoms. The van der Waals surface area contributed by atoms with Gasteiger partial charge in [-0.1, -0.05) is 36.4 Å². The molecule has 32 heavy (non-hydrogen) atoms. The van der Waals surface area contributed by atoms with Crippen LogP contribution >= 0.6 is 0 Å². The summed E-state index contributed by atoms with van der Waals surface area (Å²) < 4.78 is 33.6. The molecule has 0 saturated heterocycles. The van der Waals surface area contributed by atoms with Crippen molar-refractivity contribution >= 4 is 49.3 Å². The summed E-state index contributed by atoms with van der Waals surface area (Å²) in [4.78, 5) is -0.415. The summed E-state index contributed by atoms with van der Waals surface area (Å²) in [6.45, 7) is 1.94. The summed E-state index contributed by atoms with van der Waals surface area (Å²) in [6.07, 6.45) is 0. The van der Waals surface area contributed by atoms with E-state index in [4.69, 9.17) is 5.73 Å². The van der Waals surface area contributed by atoms with Crippen LogP contribution in [0.15, 0.2) is 104 Å². The monoisotopic (exact) mass is 445 g/mol. The van der Waals surface area contributed by atoms with Gasteiger partial charge in [0, 0.05) is 16.5 Å². The van der Waals surface area contributed by atoms with Crippen LogP contribution in [0.25, 0.3) is 10.8 Å². The second-order valence-electron chi connectivity index (χ2n) is 7.03. The Bertz CT molecular complexity index is 1460. The van der Waals surface area contributed by atoms with Crippen LogP contribution in [0.4, 0.5) is 28.4 Å².